The molecular formula is C15H23N3O5S. The predicted octanol–water partition coefficient (Wildman–Crippen LogP) is 0.517. The van der Waals surface area contributed by atoms with E-state index in [1.807, 2.05) is 13.8 Å². The molecule has 1 unspecified atom stereocenters. The van der Waals surface area contributed by atoms with Gasteiger partial charge in [0.1, 0.15) is 12.3 Å². The van der Waals surface area contributed by atoms with Gasteiger partial charge in [-0.2, -0.15) is 0 Å². The minimum absolute atomic E-state index is 0.102. The molecule has 0 aromatic carbocycles. The second kappa shape index (κ2) is 6.94. The largest absolute Gasteiger partial charge is 0.451 e. The molecule has 2 rings (SSSR count). The van der Waals surface area contributed by atoms with Gasteiger partial charge in [0.15, 0.2) is 0 Å². The van der Waals surface area contributed by atoms with Gasteiger partial charge >= 0.3 is 0 Å². The summed E-state index contributed by atoms with van der Waals surface area (Å²) in [5.41, 5.74) is 0.112. The Morgan fingerprint density at radius 2 is 2.08 bits per heavy atom. The fourth-order valence-electron chi connectivity index (χ4n) is 2.67. The van der Waals surface area contributed by atoms with Crippen molar-refractivity contribution in [2.24, 2.45) is 5.92 Å². The lowest BCUT2D eigenvalue weighted by atomic mass is 10.1. The first-order chi connectivity index (χ1) is 11.2. The lowest BCUT2D eigenvalue weighted by Gasteiger charge is -2.39. The van der Waals surface area contributed by atoms with Crippen LogP contribution >= 0.6 is 0 Å². The Hall–Kier alpha value is -1.87. The van der Waals surface area contributed by atoms with Crippen LogP contribution in [0.4, 0.5) is 0 Å². The predicted molar refractivity (Wildman–Crippen MR) is 86.9 cm³/mol. The Morgan fingerprint density at radius 3 is 2.67 bits per heavy atom. The van der Waals surface area contributed by atoms with E-state index in [1.165, 1.54) is 18.0 Å². The molecule has 2 heterocycles. The summed E-state index contributed by atoms with van der Waals surface area (Å²) < 4.78 is 30.5. The second-order valence-corrected chi connectivity index (χ2v) is 8.03. The fraction of sp³-hybridized carbons (Fsp3) is 0.600. The van der Waals surface area contributed by atoms with Crippen molar-refractivity contribution in [2.45, 2.75) is 31.9 Å². The molecule has 1 aromatic heterocycles. The first-order valence-electron chi connectivity index (χ1n) is 7.79. The van der Waals surface area contributed by atoms with Gasteiger partial charge in [0.2, 0.25) is 11.0 Å². The van der Waals surface area contributed by atoms with Crippen molar-refractivity contribution in [2.75, 3.05) is 26.7 Å². The number of amides is 2. The van der Waals surface area contributed by atoms with Crippen molar-refractivity contribution in [3.05, 3.63) is 17.9 Å². The van der Waals surface area contributed by atoms with Crippen LogP contribution in [0, 0.1) is 5.92 Å². The molecule has 1 aliphatic rings. The molecule has 1 saturated heterocycles. The molecule has 1 fully saturated rings. The summed E-state index contributed by atoms with van der Waals surface area (Å²) in [4.78, 5) is 28.2. The van der Waals surface area contributed by atoms with Crippen LogP contribution in [-0.4, -0.2) is 62.8 Å². The lowest BCUT2D eigenvalue weighted by Crippen LogP contribution is -2.58. The molecule has 1 aromatic rings. The maximum atomic E-state index is 12.6. The normalized spacial score (nSPS) is 19.2. The highest BCUT2D eigenvalue weighted by Gasteiger charge is 2.35. The molecule has 1 atom stereocenters. The van der Waals surface area contributed by atoms with Crippen LogP contribution in [0.3, 0.4) is 0 Å². The standard InChI is InChI=1S/C15H23N3O5S/c1-10(2)8-17-5-6-18(11(3)14(17)19)15(20)12-7-13(23-9-12)24(21,22)16-4/h7,9-11,16H,5-6,8H2,1-4H3. The molecule has 0 spiro atoms. The second-order valence-electron chi connectivity index (χ2n) is 6.21. The maximum absolute atomic E-state index is 12.6. The van der Waals surface area contributed by atoms with Crippen molar-refractivity contribution < 1.29 is 22.4 Å². The van der Waals surface area contributed by atoms with Gasteiger partial charge in [0, 0.05) is 25.7 Å². The van der Waals surface area contributed by atoms with Crippen molar-refractivity contribution >= 4 is 21.8 Å². The third-order valence-electron chi connectivity index (χ3n) is 3.95. The highest BCUT2D eigenvalue weighted by Crippen LogP contribution is 2.19. The third-order valence-corrected chi connectivity index (χ3v) is 5.23. The number of hydrogen-bond donors (Lipinski definition) is 1. The zero-order valence-corrected chi connectivity index (χ0v) is 15.1. The van der Waals surface area contributed by atoms with Gasteiger partial charge in [0.05, 0.1) is 5.56 Å². The quantitative estimate of drug-likeness (QED) is 0.828. The Balaban J connectivity index is 2.15. The number of nitrogens with one attached hydrogen (secondary N) is 1. The third kappa shape index (κ3) is 3.62. The Kier molecular flexibility index (Phi) is 5.34. The van der Waals surface area contributed by atoms with Gasteiger partial charge in [-0.1, -0.05) is 13.8 Å². The number of sulfonamides is 1. The highest BCUT2D eigenvalue weighted by molar-refractivity contribution is 7.89. The molecule has 1 N–H and O–H groups in total. The highest BCUT2D eigenvalue weighted by atomic mass is 32.2. The van der Waals surface area contributed by atoms with Crippen LogP contribution in [0.15, 0.2) is 21.8 Å². The molecular weight excluding hydrogens is 334 g/mol. The lowest BCUT2D eigenvalue weighted by molar-refractivity contribution is -0.140. The number of carbonyl (C=O) groups excluding carboxylic acids is 2. The van der Waals surface area contributed by atoms with E-state index in [9.17, 15) is 18.0 Å². The van der Waals surface area contributed by atoms with Gasteiger partial charge in [0.25, 0.3) is 15.9 Å². The van der Waals surface area contributed by atoms with Crippen molar-refractivity contribution in [1.82, 2.24) is 14.5 Å². The Morgan fingerprint density at radius 1 is 1.42 bits per heavy atom. The SMILES string of the molecule is CNS(=O)(=O)c1cc(C(=O)N2CCN(CC(C)C)C(=O)C2C)co1. The average molecular weight is 357 g/mol. The summed E-state index contributed by atoms with van der Waals surface area (Å²) in [5, 5.41) is -0.328. The zero-order valence-electron chi connectivity index (χ0n) is 14.3. The van der Waals surface area contributed by atoms with Crippen LogP contribution in [0.2, 0.25) is 0 Å². The van der Waals surface area contributed by atoms with E-state index in [0.717, 1.165) is 6.26 Å². The molecule has 9 heteroatoms. The number of piperazine rings is 1. The summed E-state index contributed by atoms with van der Waals surface area (Å²) in [5.74, 6) is -0.164. The number of carbonyl (C=O) groups is 2. The average Bonchev–Trinajstić information content (AvgIpc) is 3.02. The van der Waals surface area contributed by atoms with E-state index >= 15 is 0 Å². The molecule has 1 aliphatic heterocycles. The van der Waals surface area contributed by atoms with Crippen LogP contribution in [0.25, 0.3) is 0 Å². The van der Waals surface area contributed by atoms with Crippen LogP contribution in [0.1, 0.15) is 31.1 Å². The van der Waals surface area contributed by atoms with Crippen molar-refractivity contribution in [3.63, 3.8) is 0 Å². The van der Waals surface area contributed by atoms with Gasteiger partial charge in [-0.15, -0.1) is 0 Å². The molecule has 0 aliphatic carbocycles. The molecule has 0 radical (unpaired) electrons. The molecule has 24 heavy (non-hydrogen) atoms. The number of rotatable bonds is 5. The van der Waals surface area contributed by atoms with Crippen molar-refractivity contribution in [1.29, 1.82) is 0 Å². The van der Waals surface area contributed by atoms with Gasteiger partial charge < -0.3 is 14.2 Å². The maximum Gasteiger partial charge on any atom is 0.273 e. The summed E-state index contributed by atoms with van der Waals surface area (Å²) in [6.45, 7) is 7.26. The number of hydrogen-bond acceptors (Lipinski definition) is 5. The number of nitrogens with zero attached hydrogens (tertiary/aromatic N) is 2. The van der Waals surface area contributed by atoms with Crippen molar-refractivity contribution in [3.8, 4) is 0 Å². The Labute approximate surface area is 141 Å². The van der Waals surface area contributed by atoms with E-state index in [0.29, 0.717) is 25.6 Å². The minimum atomic E-state index is -3.75. The monoisotopic (exact) mass is 357 g/mol. The molecule has 134 valence electrons. The van der Waals surface area contributed by atoms with Crippen LogP contribution in [0.5, 0.6) is 0 Å². The van der Waals surface area contributed by atoms with E-state index in [2.05, 4.69) is 4.72 Å². The smallest absolute Gasteiger partial charge is 0.273 e. The molecule has 0 saturated carbocycles. The zero-order chi connectivity index (χ0) is 18.1. The van der Waals surface area contributed by atoms with E-state index in [-0.39, 0.29) is 16.6 Å². The number of furan rings is 1. The van der Waals surface area contributed by atoms with Gasteiger partial charge in [-0.05, 0) is 19.9 Å². The van der Waals surface area contributed by atoms with E-state index in [1.54, 1.807) is 11.8 Å². The summed E-state index contributed by atoms with van der Waals surface area (Å²) in [6, 6.07) is 0.579. The van der Waals surface area contributed by atoms with E-state index in [4.69, 9.17) is 4.42 Å². The van der Waals surface area contributed by atoms with Crippen LogP contribution in [-0.2, 0) is 14.8 Å². The van der Waals surface area contributed by atoms with Gasteiger partial charge in [-0.3, -0.25) is 9.59 Å². The molecule has 2 amide bonds. The van der Waals surface area contributed by atoms with E-state index < -0.39 is 22.0 Å². The summed E-state index contributed by atoms with van der Waals surface area (Å²) in [7, 11) is -2.49. The summed E-state index contributed by atoms with van der Waals surface area (Å²) >= 11 is 0. The molecule has 0 bridgehead atoms. The van der Waals surface area contributed by atoms with Crippen LogP contribution < -0.4 is 4.72 Å². The summed E-state index contributed by atoms with van der Waals surface area (Å²) in [6.07, 6.45) is 1.10. The Bertz CT molecular complexity index is 725. The van der Waals surface area contributed by atoms with Gasteiger partial charge in [-0.25, -0.2) is 13.1 Å². The first kappa shape index (κ1) is 18.5. The topological polar surface area (TPSA) is 99.9 Å². The first-order valence-corrected chi connectivity index (χ1v) is 9.27. The fourth-order valence-corrected chi connectivity index (χ4v) is 3.32. The molecule has 8 nitrogen and oxygen atoms in total. The minimum Gasteiger partial charge on any atom is -0.451 e.